The SMILES string of the molecule is C=C1C(=O)[C@]23[C@H](O)[C@H]1CC[C@@H]2[C@@]12CO[C@]3(O)[C@@H](O)[C@@H]1C(C)(C)CC[C@@H]2O. The summed E-state index contributed by atoms with van der Waals surface area (Å²) in [7, 11) is 0. The smallest absolute Gasteiger partial charge is 0.208 e. The summed E-state index contributed by atoms with van der Waals surface area (Å²) in [6.07, 6.45) is -0.747. The third-order valence-electron chi connectivity index (χ3n) is 8.88. The first-order valence-corrected chi connectivity index (χ1v) is 9.71. The predicted octanol–water partition coefficient (Wildman–Crippen LogP) is 0.376. The maximum absolute atomic E-state index is 13.3. The molecule has 9 atom stereocenters. The third-order valence-corrected chi connectivity index (χ3v) is 8.88. The fourth-order valence-electron chi connectivity index (χ4n) is 7.90. The predicted molar refractivity (Wildman–Crippen MR) is 90.7 cm³/mol. The molecule has 26 heavy (non-hydrogen) atoms. The highest BCUT2D eigenvalue weighted by Crippen LogP contribution is 2.76. The molecule has 2 aliphatic heterocycles. The van der Waals surface area contributed by atoms with Crippen molar-refractivity contribution in [2.24, 2.45) is 34.0 Å². The molecule has 6 nitrogen and oxygen atoms in total. The summed E-state index contributed by atoms with van der Waals surface area (Å²) in [6, 6.07) is 0. The van der Waals surface area contributed by atoms with E-state index < -0.39 is 58.5 Å². The van der Waals surface area contributed by atoms with Gasteiger partial charge in [-0.1, -0.05) is 20.4 Å². The number of Topliss-reactive ketones (excluding diaryl/α,β-unsaturated/α-hetero) is 1. The van der Waals surface area contributed by atoms with E-state index in [2.05, 4.69) is 6.58 Å². The lowest BCUT2D eigenvalue weighted by Crippen LogP contribution is -2.85. The molecule has 4 N–H and O–H groups in total. The van der Waals surface area contributed by atoms with Gasteiger partial charge in [-0.05, 0) is 42.6 Å². The topological polar surface area (TPSA) is 107 Å². The van der Waals surface area contributed by atoms with Gasteiger partial charge in [0.05, 0.1) is 18.8 Å². The van der Waals surface area contributed by atoms with E-state index in [1.807, 2.05) is 13.8 Å². The second-order valence-electron chi connectivity index (χ2n) is 9.97. The summed E-state index contributed by atoms with van der Waals surface area (Å²) in [6.45, 7) is 8.07. The Kier molecular flexibility index (Phi) is 3.07. The van der Waals surface area contributed by atoms with Gasteiger partial charge in [0, 0.05) is 17.3 Å². The van der Waals surface area contributed by atoms with Crippen molar-refractivity contribution in [2.45, 2.75) is 63.6 Å². The Hall–Kier alpha value is -0.790. The zero-order valence-corrected chi connectivity index (χ0v) is 15.3. The Balaban J connectivity index is 1.81. The van der Waals surface area contributed by atoms with Gasteiger partial charge in [-0.15, -0.1) is 0 Å². The minimum atomic E-state index is -2.15. The summed E-state index contributed by atoms with van der Waals surface area (Å²) >= 11 is 0. The number of carbonyl (C=O) groups is 1. The molecule has 0 aromatic carbocycles. The Labute approximate surface area is 152 Å². The molecule has 4 aliphatic carbocycles. The number of aliphatic hydroxyl groups is 4. The third kappa shape index (κ3) is 1.41. The summed E-state index contributed by atoms with van der Waals surface area (Å²) in [5, 5.41) is 45.1. The molecule has 2 spiro atoms. The number of hydrogen-bond acceptors (Lipinski definition) is 6. The molecule has 2 saturated heterocycles. The zero-order valence-electron chi connectivity index (χ0n) is 15.3. The average Bonchev–Trinajstić information content (AvgIpc) is 2.69. The highest BCUT2D eigenvalue weighted by molar-refractivity contribution is 6.05. The van der Waals surface area contributed by atoms with Crippen molar-refractivity contribution < 1.29 is 30.0 Å². The van der Waals surface area contributed by atoms with Gasteiger partial charge in [-0.3, -0.25) is 4.79 Å². The van der Waals surface area contributed by atoms with Crippen LogP contribution >= 0.6 is 0 Å². The largest absolute Gasteiger partial charge is 0.392 e. The van der Waals surface area contributed by atoms with Gasteiger partial charge >= 0.3 is 0 Å². The lowest BCUT2D eigenvalue weighted by molar-refractivity contribution is -0.458. The lowest BCUT2D eigenvalue weighted by atomic mass is 9.35. The van der Waals surface area contributed by atoms with E-state index in [0.29, 0.717) is 24.8 Å². The van der Waals surface area contributed by atoms with Gasteiger partial charge in [0.15, 0.2) is 5.78 Å². The van der Waals surface area contributed by atoms with Crippen LogP contribution in [0.25, 0.3) is 0 Å². The number of rotatable bonds is 0. The molecule has 0 aromatic rings. The van der Waals surface area contributed by atoms with Crippen LogP contribution in [0, 0.1) is 34.0 Å². The second kappa shape index (κ2) is 4.61. The molecule has 144 valence electrons. The first-order chi connectivity index (χ1) is 12.1. The van der Waals surface area contributed by atoms with E-state index in [1.165, 1.54) is 0 Å². The number of fused-ring (bicyclic) bond motifs is 2. The van der Waals surface area contributed by atoms with Gasteiger partial charge in [-0.2, -0.15) is 0 Å². The van der Waals surface area contributed by atoms with Gasteiger partial charge in [-0.25, -0.2) is 0 Å². The van der Waals surface area contributed by atoms with Gasteiger partial charge < -0.3 is 25.2 Å². The standard InChI is InChI=1S/C20H28O6/c1-9-10-4-5-11-18-8-26-20(25,19(11,14(9)22)15(10)23)16(24)13(18)17(2,3)7-6-12(18)21/h10-13,15-16,21,23-25H,1,4-8H2,2-3H3/t10-,11+,12-,13+,15+,16-,18+,19-,20+/m0/s1. The van der Waals surface area contributed by atoms with E-state index >= 15 is 0 Å². The van der Waals surface area contributed by atoms with Crippen LogP contribution in [0.2, 0.25) is 0 Å². The summed E-state index contributed by atoms with van der Waals surface area (Å²) in [5.41, 5.74) is -2.49. The van der Waals surface area contributed by atoms with Gasteiger partial charge in [0.2, 0.25) is 5.79 Å². The van der Waals surface area contributed by atoms with Crippen LogP contribution in [0.1, 0.15) is 39.5 Å². The maximum atomic E-state index is 13.3. The van der Waals surface area contributed by atoms with Crippen LogP contribution in [0.3, 0.4) is 0 Å². The second-order valence-corrected chi connectivity index (χ2v) is 9.97. The molecule has 0 aromatic heterocycles. The fourth-order valence-corrected chi connectivity index (χ4v) is 7.90. The van der Waals surface area contributed by atoms with Gasteiger partial charge in [0.1, 0.15) is 11.5 Å². The number of carbonyl (C=O) groups excluding carboxylic acids is 1. The van der Waals surface area contributed by atoms with E-state index in [1.54, 1.807) is 0 Å². The van der Waals surface area contributed by atoms with E-state index in [-0.39, 0.29) is 12.0 Å². The van der Waals surface area contributed by atoms with Crippen molar-refractivity contribution in [3.05, 3.63) is 12.2 Å². The molecule has 6 rings (SSSR count). The van der Waals surface area contributed by atoms with Crippen LogP contribution in [-0.4, -0.2) is 56.9 Å². The Morgan fingerprint density at radius 1 is 1.12 bits per heavy atom. The van der Waals surface area contributed by atoms with Gasteiger partial charge in [0.25, 0.3) is 0 Å². The zero-order chi connectivity index (χ0) is 18.9. The molecular formula is C20H28O6. The summed E-state index contributed by atoms with van der Waals surface area (Å²) in [5.74, 6) is -3.80. The van der Waals surface area contributed by atoms with E-state index in [0.717, 1.165) is 6.42 Å². The number of aliphatic hydroxyl groups excluding tert-OH is 3. The first kappa shape index (κ1) is 17.3. The molecule has 4 saturated carbocycles. The molecule has 0 amide bonds. The highest BCUT2D eigenvalue weighted by atomic mass is 16.6. The molecule has 6 fully saturated rings. The van der Waals surface area contributed by atoms with Crippen LogP contribution < -0.4 is 0 Å². The summed E-state index contributed by atoms with van der Waals surface area (Å²) < 4.78 is 5.80. The van der Waals surface area contributed by atoms with Crippen molar-refractivity contribution in [2.75, 3.05) is 6.61 Å². The van der Waals surface area contributed by atoms with E-state index in [4.69, 9.17) is 4.74 Å². The normalized spacial score (nSPS) is 59.9. The number of hydrogen-bond donors (Lipinski definition) is 4. The van der Waals surface area contributed by atoms with Crippen LogP contribution in [-0.2, 0) is 9.53 Å². The van der Waals surface area contributed by atoms with Crippen LogP contribution in [0.15, 0.2) is 12.2 Å². The fraction of sp³-hybridized carbons (Fsp3) is 0.850. The quantitative estimate of drug-likeness (QED) is 0.463. The molecular weight excluding hydrogens is 336 g/mol. The highest BCUT2D eigenvalue weighted by Gasteiger charge is 2.86. The average molecular weight is 364 g/mol. The molecule has 6 heteroatoms. The van der Waals surface area contributed by atoms with Crippen molar-refractivity contribution in [1.82, 2.24) is 0 Å². The molecule has 6 aliphatic rings. The van der Waals surface area contributed by atoms with Crippen LogP contribution in [0.4, 0.5) is 0 Å². The van der Waals surface area contributed by atoms with Crippen molar-refractivity contribution in [1.29, 1.82) is 0 Å². The molecule has 4 bridgehead atoms. The maximum Gasteiger partial charge on any atom is 0.208 e. The minimum Gasteiger partial charge on any atom is -0.392 e. The molecule has 0 unspecified atom stereocenters. The Morgan fingerprint density at radius 2 is 1.81 bits per heavy atom. The lowest BCUT2D eigenvalue weighted by Gasteiger charge is -2.74. The number of ketones is 1. The minimum absolute atomic E-state index is 0.0966. The Morgan fingerprint density at radius 3 is 2.50 bits per heavy atom. The monoisotopic (exact) mass is 364 g/mol. The van der Waals surface area contributed by atoms with Crippen molar-refractivity contribution >= 4 is 5.78 Å². The molecule has 0 radical (unpaired) electrons. The first-order valence-electron chi connectivity index (χ1n) is 9.71. The Bertz CT molecular complexity index is 717. The molecule has 2 heterocycles. The van der Waals surface area contributed by atoms with Crippen molar-refractivity contribution in [3.63, 3.8) is 0 Å². The van der Waals surface area contributed by atoms with E-state index in [9.17, 15) is 25.2 Å². The van der Waals surface area contributed by atoms with Crippen LogP contribution in [0.5, 0.6) is 0 Å². The number of ether oxygens (including phenoxy) is 1. The van der Waals surface area contributed by atoms with Crippen molar-refractivity contribution in [3.8, 4) is 0 Å². The summed E-state index contributed by atoms with van der Waals surface area (Å²) in [4.78, 5) is 13.3.